The van der Waals surface area contributed by atoms with Gasteiger partial charge in [-0.15, -0.1) is 0 Å². The molecule has 26 heavy (non-hydrogen) atoms. The zero-order valence-electron chi connectivity index (χ0n) is 13.1. The molecule has 1 aliphatic rings. The van der Waals surface area contributed by atoms with Gasteiger partial charge in [0.1, 0.15) is 10.8 Å². The maximum atomic E-state index is 12.6. The second-order valence-corrected chi connectivity index (χ2v) is 8.23. The number of ketones is 1. The number of nitrogens with zero attached hydrogens (tertiary/aromatic N) is 1. The Morgan fingerprint density at radius 3 is 2.58 bits per heavy atom. The molecule has 0 bridgehead atoms. The lowest BCUT2D eigenvalue weighted by molar-refractivity contribution is -0.137. The summed E-state index contributed by atoms with van der Waals surface area (Å²) in [6.07, 6.45) is -2.86. The van der Waals surface area contributed by atoms with Gasteiger partial charge in [-0.25, -0.2) is 13.4 Å². The smallest absolute Gasteiger partial charge is 0.417 e. The van der Waals surface area contributed by atoms with Crippen LogP contribution in [0.4, 0.5) is 18.9 Å². The molecule has 0 fully saturated rings. The van der Waals surface area contributed by atoms with Crippen LogP contribution in [0.25, 0.3) is 0 Å². The van der Waals surface area contributed by atoms with Gasteiger partial charge in [0.15, 0.2) is 6.61 Å². The largest absolute Gasteiger partial charge is 0.485 e. The lowest BCUT2D eigenvalue weighted by atomic mass is 10.1. The number of fused-ring (bicyclic) bond motifs is 1. The molecule has 0 spiro atoms. The van der Waals surface area contributed by atoms with Gasteiger partial charge in [0.25, 0.3) is 0 Å². The number of benzene rings is 1. The van der Waals surface area contributed by atoms with Gasteiger partial charge >= 0.3 is 6.18 Å². The third-order valence-electron chi connectivity index (χ3n) is 3.31. The molecular weight excluding hydrogens is 393 g/mol. The van der Waals surface area contributed by atoms with Crippen LogP contribution in [0.5, 0.6) is 5.75 Å². The van der Waals surface area contributed by atoms with Crippen LogP contribution in [-0.4, -0.2) is 32.0 Å². The minimum atomic E-state index is -4.50. The topological polar surface area (TPSA) is 85.4 Å². The summed E-state index contributed by atoms with van der Waals surface area (Å²) >= 11 is 0.929. The molecule has 1 aromatic heterocycles. The Morgan fingerprint density at radius 1 is 1.27 bits per heavy atom. The number of pyridine rings is 1. The molecule has 3 rings (SSSR count). The Bertz CT molecular complexity index is 974. The minimum absolute atomic E-state index is 0.146. The van der Waals surface area contributed by atoms with E-state index < -0.39 is 21.8 Å². The van der Waals surface area contributed by atoms with E-state index in [9.17, 15) is 26.4 Å². The molecule has 0 saturated heterocycles. The van der Waals surface area contributed by atoms with Crippen LogP contribution in [0.2, 0.25) is 0 Å². The summed E-state index contributed by atoms with van der Waals surface area (Å²) in [5, 5.41) is 0.209. The third-order valence-corrected chi connectivity index (χ3v) is 4.91. The van der Waals surface area contributed by atoms with Crippen LogP contribution in [-0.2, 0) is 16.2 Å². The molecule has 0 unspecified atom stereocenters. The van der Waals surface area contributed by atoms with Gasteiger partial charge in [-0.3, -0.25) is 9.52 Å². The Balaban J connectivity index is 1.98. The normalized spacial score (nSPS) is 14.1. The Kier molecular flexibility index (Phi) is 4.61. The average Bonchev–Trinajstić information content (AvgIpc) is 2.86. The van der Waals surface area contributed by atoms with Gasteiger partial charge in [-0.05, 0) is 18.2 Å². The van der Waals surface area contributed by atoms with E-state index >= 15 is 0 Å². The molecule has 138 valence electrons. The van der Waals surface area contributed by atoms with Crippen molar-refractivity contribution in [2.75, 3.05) is 17.6 Å². The summed E-state index contributed by atoms with van der Waals surface area (Å²) < 4.78 is 68.4. The van der Waals surface area contributed by atoms with Gasteiger partial charge in [0, 0.05) is 17.2 Å². The summed E-state index contributed by atoms with van der Waals surface area (Å²) in [6, 6.07) is 4.85. The van der Waals surface area contributed by atoms with Gasteiger partial charge < -0.3 is 4.74 Å². The monoisotopic (exact) mass is 404 g/mol. The molecule has 0 radical (unpaired) electrons. The maximum absolute atomic E-state index is 12.6. The molecule has 1 aliphatic heterocycles. The van der Waals surface area contributed by atoms with Crippen molar-refractivity contribution in [2.24, 2.45) is 0 Å². The highest BCUT2D eigenvalue weighted by Gasteiger charge is 2.31. The van der Waals surface area contributed by atoms with Crippen LogP contribution >= 0.6 is 11.8 Å². The van der Waals surface area contributed by atoms with Crippen molar-refractivity contribution in [1.82, 2.24) is 4.98 Å². The van der Waals surface area contributed by atoms with Crippen molar-refractivity contribution in [3.05, 3.63) is 41.6 Å². The molecule has 2 aromatic rings. The number of nitrogens with one attached hydrogen (secondary N) is 1. The molecule has 1 aromatic carbocycles. The van der Waals surface area contributed by atoms with Gasteiger partial charge in [-0.1, -0.05) is 11.8 Å². The Labute approximate surface area is 150 Å². The van der Waals surface area contributed by atoms with E-state index in [-0.39, 0.29) is 34.4 Å². The molecule has 2 heterocycles. The van der Waals surface area contributed by atoms with Gasteiger partial charge in [0.2, 0.25) is 15.8 Å². The number of alkyl halides is 3. The van der Waals surface area contributed by atoms with E-state index in [4.69, 9.17) is 4.74 Å². The zero-order valence-corrected chi connectivity index (χ0v) is 14.8. The van der Waals surface area contributed by atoms with Crippen LogP contribution in [0.1, 0.15) is 15.9 Å². The number of ether oxygens (including phenoxy) is 1. The fourth-order valence-electron chi connectivity index (χ4n) is 2.20. The van der Waals surface area contributed by atoms with Crippen molar-refractivity contribution in [1.29, 1.82) is 0 Å². The van der Waals surface area contributed by atoms with Crippen LogP contribution in [0.3, 0.4) is 0 Å². The molecule has 1 N–H and O–H groups in total. The first-order valence-electron chi connectivity index (χ1n) is 7.06. The fourth-order valence-corrected chi connectivity index (χ4v) is 3.70. The Morgan fingerprint density at radius 2 is 2.00 bits per heavy atom. The van der Waals surface area contributed by atoms with Crippen molar-refractivity contribution in [3.63, 3.8) is 0 Å². The summed E-state index contributed by atoms with van der Waals surface area (Å²) in [7, 11) is -3.62. The molecule has 0 aliphatic carbocycles. The molecular formula is C15H11F3N2O4S2. The second kappa shape index (κ2) is 6.47. The predicted molar refractivity (Wildman–Crippen MR) is 88.1 cm³/mol. The number of halogens is 3. The van der Waals surface area contributed by atoms with Crippen molar-refractivity contribution in [2.45, 2.75) is 16.1 Å². The third kappa shape index (κ3) is 4.10. The quantitative estimate of drug-likeness (QED) is 0.842. The van der Waals surface area contributed by atoms with E-state index in [0.29, 0.717) is 11.1 Å². The highest BCUT2D eigenvalue weighted by Crippen LogP contribution is 2.40. The highest BCUT2D eigenvalue weighted by atomic mass is 32.2. The molecule has 0 saturated carbocycles. The molecule has 6 nitrogen and oxygen atoms in total. The van der Waals surface area contributed by atoms with E-state index in [1.54, 1.807) is 0 Å². The van der Waals surface area contributed by atoms with Gasteiger partial charge in [0.05, 0.1) is 23.1 Å². The summed E-state index contributed by atoms with van der Waals surface area (Å²) in [6.45, 7) is -0.152. The minimum Gasteiger partial charge on any atom is -0.485 e. The summed E-state index contributed by atoms with van der Waals surface area (Å²) in [4.78, 5) is 15.9. The maximum Gasteiger partial charge on any atom is 0.417 e. The van der Waals surface area contributed by atoms with Crippen LogP contribution in [0.15, 0.2) is 40.4 Å². The SMILES string of the molecule is CS(=O)(=O)Nc1cc2c(cc1Sc1ccc(C(F)(F)F)cn1)C(=O)CO2. The summed E-state index contributed by atoms with van der Waals surface area (Å²) in [5.41, 5.74) is -0.472. The number of Topliss-reactive ketones (excluding diaryl/α,β-unsaturated/α-hetero) is 1. The lowest BCUT2D eigenvalue weighted by Crippen LogP contribution is -2.10. The standard InChI is InChI=1S/C15H11F3N2O4S2/c1-26(22,23)20-10-5-12-9(11(21)7-24-12)4-13(10)25-14-3-2-8(6-19-14)15(16,17)18/h2-6,20H,7H2,1H3. The lowest BCUT2D eigenvalue weighted by Gasteiger charge is -2.12. The van der Waals surface area contributed by atoms with Crippen molar-refractivity contribution >= 4 is 33.3 Å². The first-order chi connectivity index (χ1) is 12.0. The first kappa shape index (κ1) is 18.5. The van der Waals surface area contributed by atoms with Crippen LogP contribution < -0.4 is 9.46 Å². The number of carbonyl (C=O) groups is 1. The van der Waals surface area contributed by atoms with E-state index in [0.717, 1.165) is 24.1 Å². The number of carbonyl (C=O) groups excluding carboxylic acids is 1. The predicted octanol–water partition coefficient (Wildman–Crippen LogP) is 3.20. The average molecular weight is 404 g/mol. The van der Waals surface area contributed by atoms with E-state index in [1.807, 2.05) is 0 Å². The molecule has 11 heteroatoms. The zero-order chi connectivity index (χ0) is 19.1. The first-order valence-corrected chi connectivity index (χ1v) is 9.77. The molecule has 0 atom stereocenters. The second-order valence-electron chi connectivity index (χ2n) is 5.42. The number of sulfonamides is 1. The van der Waals surface area contributed by atoms with E-state index in [1.165, 1.54) is 18.2 Å². The van der Waals surface area contributed by atoms with Crippen LogP contribution in [0, 0.1) is 0 Å². The number of aromatic nitrogens is 1. The highest BCUT2D eigenvalue weighted by molar-refractivity contribution is 7.99. The van der Waals surface area contributed by atoms with Crippen molar-refractivity contribution in [3.8, 4) is 5.75 Å². The number of hydrogen-bond donors (Lipinski definition) is 1. The van der Waals surface area contributed by atoms with E-state index in [2.05, 4.69) is 9.71 Å². The number of rotatable bonds is 4. The molecule has 0 amide bonds. The Hall–Kier alpha value is -2.27. The van der Waals surface area contributed by atoms with Crippen molar-refractivity contribution < 1.29 is 31.1 Å². The number of hydrogen-bond acceptors (Lipinski definition) is 6. The fraction of sp³-hybridized carbons (Fsp3) is 0.200. The number of anilines is 1. The summed E-state index contributed by atoms with van der Waals surface area (Å²) in [5.74, 6) is -0.0287. The van der Waals surface area contributed by atoms with Gasteiger partial charge in [-0.2, -0.15) is 13.2 Å².